The van der Waals surface area contributed by atoms with Crippen LogP contribution in [0, 0.1) is 0 Å². The lowest BCUT2D eigenvalue weighted by Gasteiger charge is -2.09. The van der Waals surface area contributed by atoms with Crippen LogP contribution in [0.4, 0.5) is 4.79 Å². The quantitative estimate of drug-likeness (QED) is 0.846. The molecule has 1 unspecified atom stereocenters. The molecule has 90 valence electrons. The Morgan fingerprint density at radius 1 is 1.53 bits per heavy atom. The van der Waals surface area contributed by atoms with Gasteiger partial charge in [0, 0.05) is 12.1 Å². The molecule has 0 saturated carbocycles. The van der Waals surface area contributed by atoms with Gasteiger partial charge in [0.1, 0.15) is 5.75 Å². The van der Waals surface area contributed by atoms with Crippen molar-refractivity contribution in [3.05, 3.63) is 23.5 Å². The van der Waals surface area contributed by atoms with Gasteiger partial charge in [0.25, 0.3) is 5.24 Å². The van der Waals surface area contributed by atoms with Gasteiger partial charge < -0.3 is 5.11 Å². The minimum atomic E-state index is -0.412. The third kappa shape index (κ3) is 2.58. The number of pyridine rings is 1. The molecule has 2 rings (SSSR count). The Morgan fingerprint density at radius 3 is 2.88 bits per heavy atom. The Bertz CT molecular complexity index is 476. The van der Waals surface area contributed by atoms with Crippen LogP contribution >= 0.6 is 11.8 Å². The molecule has 1 atom stereocenters. The molecule has 2 N–H and O–H groups in total. The molecule has 1 aliphatic heterocycles. The molecule has 17 heavy (non-hydrogen) atoms. The van der Waals surface area contributed by atoms with Crippen LogP contribution in [0.15, 0.2) is 12.3 Å². The number of hydrogen-bond donors (Lipinski definition) is 2. The van der Waals surface area contributed by atoms with Gasteiger partial charge in [-0.15, -0.1) is 0 Å². The van der Waals surface area contributed by atoms with E-state index in [1.807, 2.05) is 6.92 Å². The topological polar surface area (TPSA) is 79.3 Å². The number of carbonyl (C=O) groups excluding carboxylic acids is 2. The summed E-state index contributed by atoms with van der Waals surface area (Å²) in [6, 6.07) is 1.64. The van der Waals surface area contributed by atoms with Gasteiger partial charge in [0.15, 0.2) is 0 Å². The standard InChI is InChI=1S/C11H12N2O3S/c1-2-6-3-7(14)5-12-8(6)4-9-10(15)13-11(16)17-9/h3,5,9,14H,2,4H2,1H3,(H,13,15,16). The summed E-state index contributed by atoms with van der Waals surface area (Å²) < 4.78 is 0. The Kier molecular flexibility index (Phi) is 3.33. The number of thioether (sulfide) groups is 1. The number of imide groups is 1. The lowest BCUT2D eigenvalue weighted by atomic mass is 10.1. The Hall–Kier alpha value is -1.56. The van der Waals surface area contributed by atoms with Gasteiger partial charge in [0.05, 0.1) is 11.4 Å². The lowest BCUT2D eigenvalue weighted by molar-refractivity contribution is -0.118. The minimum absolute atomic E-state index is 0.116. The molecule has 1 fully saturated rings. The van der Waals surface area contributed by atoms with Crippen LogP contribution in [0.3, 0.4) is 0 Å². The molecule has 0 bridgehead atoms. The molecule has 2 amide bonds. The summed E-state index contributed by atoms with van der Waals surface area (Å²) in [5, 5.41) is 10.8. The van der Waals surface area contributed by atoms with E-state index in [1.165, 1.54) is 6.20 Å². The van der Waals surface area contributed by atoms with E-state index in [-0.39, 0.29) is 16.9 Å². The first kappa shape index (κ1) is 11.9. The van der Waals surface area contributed by atoms with Crippen LogP contribution in [0.25, 0.3) is 0 Å². The fraction of sp³-hybridized carbons (Fsp3) is 0.364. The van der Waals surface area contributed by atoms with Crippen molar-refractivity contribution < 1.29 is 14.7 Å². The highest BCUT2D eigenvalue weighted by atomic mass is 32.2. The number of aryl methyl sites for hydroxylation is 1. The summed E-state index contributed by atoms with van der Waals surface area (Å²) >= 11 is 0.990. The molecule has 1 aromatic heterocycles. The van der Waals surface area contributed by atoms with E-state index in [4.69, 9.17) is 0 Å². The van der Waals surface area contributed by atoms with E-state index in [0.29, 0.717) is 6.42 Å². The number of aromatic nitrogens is 1. The van der Waals surface area contributed by atoms with Crippen molar-refractivity contribution in [2.75, 3.05) is 0 Å². The lowest BCUT2D eigenvalue weighted by Crippen LogP contribution is -2.26. The van der Waals surface area contributed by atoms with Crippen molar-refractivity contribution in [3.8, 4) is 5.75 Å². The third-order valence-electron chi connectivity index (χ3n) is 2.57. The molecule has 1 aliphatic rings. The van der Waals surface area contributed by atoms with E-state index < -0.39 is 5.25 Å². The Labute approximate surface area is 103 Å². The highest BCUT2D eigenvalue weighted by Crippen LogP contribution is 2.24. The number of rotatable bonds is 3. The molecule has 1 aromatic rings. The first-order valence-corrected chi connectivity index (χ1v) is 6.16. The average Bonchev–Trinajstić information content (AvgIpc) is 2.60. The highest BCUT2D eigenvalue weighted by molar-refractivity contribution is 8.15. The molecule has 0 aliphatic carbocycles. The van der Waals surface area contributed by atoms with Gasteiger partial charge in [0.2, 0.25) is 5.91 Å². The smallest absolute Gasteiger partial charge is 0.286 e. The predicted molar refractivity (Wildman–Crippen MR) is 63.9 cm³/mol. The first-order valence-electron chi connectivity index (χ1n) is 5.28. The maximum absolute atomic E-state index is 11.4. The zero-order chi connectivity index (χ0) is 12.4. The van der Waals surface area contributed by atoms with Crippen molar-refractivity contribution in [3.63, 3.8) is 0 Å². The largest absolute Gasteiger partial charge is 0.506 e. The van der Waals surface area contributed by atoms with Crippen LogP contribution in [0.1, 0.15) is 18.2 Å². The van der Waals surface area contributed by atoms with E-state index >= 15 is 0 Å². The van der Waals surface area contributed by atoms with E-state index in [2.05, 4.69) is 10.3 Å². The van der Waals surface area contributed by atoms with E-state index in [0.717, 1.165) is 29.4 Å². The fourth-order valence-corrected chi connectivity index (χ4v) is 2.54. The van der Waals surface area contributed by atoms with E-state index in [1.54, 1.807) is 6.07 Å². The summed E-state index contributed by atoms with van der Waals surface area (Å²) in [6.07, 6.45) is 2.49. The summed E-state index contributed by atoms with van der Waals surface area (Å²) in [7, 11) is 0. The SMILES string of the molecule is CCc1cc(O)cnc1CC1SC(=O)NC1=O. The van der Waals surface area contributed by atoms with Crippen LogP contribution in [0.2, 0.25) is 0 Å². The zero-order valence-corrected chi connectivity index (χ0v) is 10.1. The van der Waals surface area contributed by atoms with Crippen molar-refractivity contribution in [2.45, 2.75) is 25.0 Å². The second kappa shape index (κ2) is 4.75. The van der Waals surface area contributed by atoms with Crippen molar-refractivity contribution >= 4 is 22.9 Å². The maximum atomic E-state index is 11.4. The number of amides is 2. The van der Waals surface area contributed by atoms with Crippen molar-refractivity contribution in [1.29, 1.82) is 0 Å². The molecule has 5 nitrogen and oxygen atoms in total. The number of carbonyl (C=O) groups is 2. The second-order valence-corrected chi connectivity index (χ2v) is 4.92. The van der Waals surface area contributed by atoms with Gasteiger partial charge in [-0.2, -0.15) is 0 Å². The minimum Gasteiger partial charge on any atom is -0.506 e. The zero-order valence-electron chi connectivity index (χ0n) is 9.27. The van der Waals surface area contributed by atoms with Crippen LogP contribution in [-0.2, 0) is 17.6 Å². The van der Waals surface area contributed by atoms with Crippen LogP contribution in [0.5, 0.6) is 5.75 Å². The van der Waals surface area contributed by atoms with Gasteiger partial charge >= 0.3 is 0 Å². The van der Waals surface area contributed by atoms with Gasteiger partial charge in [-0.05, 0) is 18.1 Å². The van der Waals surface area contributed by atoms with Gasteiger partial charge in [-0.25, -0.2) is 0 Å². The van der Waals surface area contributed by atoms with Crippen molar-refractivity contribution in [1.82, 2.24) is 10.3 Å². The predicted octanol–water partition coefficient (Wildman–Crippen LogP) is 1.24. The van der Waals surface area contributed by atoms with Gasteiger partial charge in [-0.1, -0.05) is 18.7 Å². The van der Waals surface area contributed by atoms with E-state index in [9.17, 15) is 14.7 Å². The molecule has 6 heteroatoms. The third-order valence-corrected chi connectivity index (χ3v) is 3.55. The second-order valence-electron chi connectivity index (χ2n) is 3.74. The molecular formula is C11H12N2O3S. The summed E-state index contributed by atoms with van der Waals surface area (Å²) in [4.78, 5) is 26.6. The number of nitrogens with one attached hydrogen (secondary N) is 1. The Morgan fingerprint density at radius 2 is 2.29 bits per heavy atom. The summed E-state index contributed by atoms with van der Waals surface area (Å²) in [5.74, 6) is -0.151. The molecular weight excluding hydrogens is 240 g/mol. The first-order chi connectivity index (χ1) is 8.10. The number of nitrogens with zero attached hydrogens (tertiary/aromatic N) is 1. The Balaban J connectivity index is 2.18. The highest BCUT2D eigenvalue weighted by Gasteiger charge is 2.32. The maximum Gasteiger partial charge on any atom is 0.286 e. The number of aromatic hydroxyl groups is 1. The van der Waals surface area contributed by atoms with Crippen LogP contribution in [-0.4, -0.2) is 26.5 Å². The fourth-order valence-electron chi connectivity index (χ4n) is 1.72. The molecule has 1 saturated heterocycles. The normalized spacial score (nSPS) is 19.5. The average molecular weight is 252 g/mol. The summed E-state index contributed by atoms with van der Waals surface area (Å²) in [6.45, 7) is 1.95. The molecule has 0 radical (unpaired) electrons. The molecule has 0 aromatic carbocycles. The van der Waals surface area contributed by atoms with Crippen molar-refractivity contribution in [2.24, 2.45) is 0 Å². The molecule has 0 spiro atoms. The monoisotopic (exact) mass is 252 g/mol. The van der Waals surface area contributed by atoms with Gasteiger partial charge in [-0.3, -0.25) is 19.9 Å². The van der Waals surface area contributed by atoms with Crippen LogP contribution < -0.4 is 5.32 Å². The summed E-state index contributed by atoms with van der Waals surface area (Å²) in [5.41, 5.74) is 1.66. The number of hydrogen-bond acceptors (Lipinski definition) is 5. The molecule has 2 heterocycles.